The van der Waals surface area contributed by atoms with Crippen LogP contribution >= 0.6 is 0 Å². The lowest BCUT2D eigenvalue weighted by molar-refractivity contribution is 0.0826. The largest absolute Gasteiger partial charge is 0.384 e. The maximum Gasteiger partial charge on any atom is 0.0495 e. The summed E-state index contributed by atoms with van der Waals surface area (Å²) in [5.74, 6) is 0.712. The van der Waals surface area contributed by atoms with Crippen LogP contribution in [0.15, 0.2) is 0 Å². The van der Waals surface area contributed by atoms with Gasteiger partial charge in [0.2, 0.25) is 0 Å². The van der Waals surface area contributed by atoms with Crippen molar-refractivity contribution in [2.45, 2.75) is 72.6 Å². The first-order chi connectivity index (χ1) is 7.52. The first-order valence-corrected chi connectivity index (χ1v) is 7.01. The van der Waals surface area contributed by atoms with Crippen LogP contribution < -0.4 is 0 Å². The summed E-state index contributed by atoms with van der Waals surface area (Å²) >= 11 is 0. The van der Waals surface area contributed by atoms with Crippen LogP contribution in [0.2, 0.25) is 0 Å². The van der Waals surface area contributed by atoms with E-state index in [2.05, 4.69) is 27.7 Å². The van der Waals surface area contributed by atoms with E-state index in [1.54, 1.807) is 0 Å². The van der Waals surface area contributed by atoms with E-state index in [1.165, 1.54) is 44.9 Å². The zero-order chi connectivity index (χ0) is 12.4. The van der Waals surface area contributed by atoms with Crippen molar-refractivity contribution in [2.75, 3.05) is 13.7 Å². The lowest BCUT2D eigenvalue weighted by atomic mass is 9.78. The molecule has 0 radical (unpaired) electrons. The molecule has 98 valence electrons. The molecule has 0 fully saturated rings. The van der Waals surface area contributed by atoms with Gasteiger partial charge in [0.05, 0.1) is 0 Å². The molecule has 0 spiro atoms. The summed E-state index contributed by atoms with van der Waals surface area (Å²) in [5.41, 5.74) is 0.388. The van der Waals surface area contributed by atoms with E-state index in [9.17, 15) is 0 Å². The van der Waals surface area contributed by atoms with Crippen LogP contribution in [0.25, 0.3) is 0 Å². The van der Waals surface area contributed by atoms with E-state index in [1.807, 2.05) is 7.11 Å². The van der Waals surface area contributed by atoms with Gasteiger partial charge in [0.25, 0.3) is 0 Å². The highest BCUT2D eigenvalue weighted by Crippen LogP contribution is 2.30. The Morgan fingerprint density at radius 3 is 2.00 bits per heavy atom. The van der Waals surface area contributed by atoms with Gasteiger partial charge in [-0.05, 0) is 17.8 Å². The van der Waals surface area contributed by atoms with Gasteiger partial charge in [-0.15, -0.1) is 0 Å². The second-order valence-corrected chi connectivity index (χ2v) is 6.07. The molecule has 0 rings (SSSR count). The SMILES string of the molecule is CCCCCCCCC(COC)C(C)(C)C. The Bertz CT molecular complexity index is 146. The summed E-state index contributed by atoms with van der Waals surface area (Å²) in [4.78, 5) is 0. The molecule has 0 aromatic rings. The van der Waals surface area contributed by atoms with Crippen molar-refractivity contribution in [1.29, 1.82) is 0 Å². The monoisotopic (exact) mass is 228 g/mol. The van der Waals surface area contributed by atoms with Gasteiger partial charge in [-0.3, -0.25) is 0 Å². The van der Waals surface area contributed by atoms with Crippen LogP contribution in [0.1, 0.15) is 72.6 Å². The highest BCUT2D eigenvalue weighted by molar-refractivity contribution is 4.73. The molecule has 0 aliphatic rings. The van der Waals surface area contributed by atoms with Gasteiger partial charge in [0.15, 0.2) is 0 Å². The van der Waals surface area contributed by atoms with Gasteiger partial charge in [0, 0.05) is 13.7 Å². The molecule has 16 heavy (non-hydrogen) atoms. The van der Waals surface area contributed by atoms with E-state index < -0.39 is 0 Å². The van der Waals surface area contributed by atoms with E-state index in [0.29, 0.717) is 11.3 Å². The molecule has 1 nitrogen and oxygen atoms in total. The third-order valence-corrected chi connectivity index (χ3v) is 3.50. The van der Waals surface area contributed by atoms with Crippen LogP contribution in [-0.2, 0) is 4.74 Å². The van der Waals surface area contributed by atoms with Crippen LogP contribution in [0.5, 0.6) is 0 Å². The molecular formula is C15H32O. The van der Waals surface area contributed by atoms with Crippen LogP contribution in [-0.4, -0.2) is 13.7 Å². The molecule has 1 heteroatoms. The molecule has 0 aromatic carbocycles. The number of rotatable bonds is 9. The van der Waals surface area contributed by atoms with Gasteiger partial charge in [-0.25, -0.2) is 0 Å². The molecule has 0 bridgehead atoms. The highest BCUT2D eigenvalue weighted by atomic mass is 16.5. The lowest BCUT2D eigenvalue weighted by Gasteiger charge is -2.30. The molecule has 0 aliphatic heterocycles. The molecular weight excluding hydrogens is 196 g/mol. The van der Waals surface area contributed by atoms with E-state index >= 15 is 0 Å². The first kappa shape index (κ1) is 16.0. The normalized spacial score (nSPS) is 14.1. The maximum atomic E-state index is 5.33. The van der Waals surface area contributed by atoms with Crippen molar-refractivity contribution >= 4 is 0 Å². The van der Waals surface area contributed by atoms with Crippen molar-refractivity contribution in [3.8, 4) is 0 Å². The van der Waals surface area contributed by atoms with Crippen molar-refractivity contribution < 1.29 is 4.74 Å². The van der Waals surface area contributed by atoms with Crippen LogP contribution in [0, 0.1) is 11.3 Å². The minimum absolute atomic E-state index is 0.388. The number of hydrogen-bond acceptors (Lipinski definition) is 1. The summed E-state index contributed by atoms with van der Waals surface area (Å²) < 4.78 is 5.33. The first-order valence-electron chi connectivity index (χ1n) is 7.01. The number of hydrogen-bond donors (Lipinski definition) is 0. The molecule has 0 saturated carbocycles. The smallest absolute Gasteiger partial charge is 0.0495 e. The summed E-state index contributed by atoms with van der Waals surface area (Å²) in [6.07, 6.45) is 9.67. The Morgan fingerprint density at radius 1 is 0.938 bits per heavy atom. The molecule has 0 saturated heterocycles. The molecule has 1 atom stereocenters. The predicted octanol–water partition coefficient (Wildman–Crippen LogP) is 5.05. The summed E-state index contributed by atoms with van der Waals surface area (Å²) in [6.45, 7) is 10.2. The molecule has 0 aliphatic carbocycles. The van der Waals surface area contributed by atoms with Gasteiger partial charge in [0.1, 0.15) is 0 Å². The number of unbranched alkanes of at least 4 members (excludes halogenated alkanes) is 5. The fourth-order valence-corrected chi connectivity index (χ4v) is 2.14. The van der Waals surface area contributed by atoms with E-state index in [0.717, 1.165) is 6.61 Å². The molecule has 0 heterocycles. The number of ether oxygens (including phenoxy) is 1. The predicted molar refractivity (Wildman–Crippen MR) is 72.8 cm³/mol. The zero-order valence-corrected chi connectivity index (χ0v) is 12.1. The zero-order valence-electron chi connectivity index (χ0n) is 12.1. The minimum atomic E-state index is 0.388. The lowest BCUT2D eigenvalue weighted by Crippen LogP contribution is -2.24. The Kier molecular flexibility index (Phi) is 9.02. The summed E-state index contributed by atoms with van der Waals surface area (Å²) in [5, 5.41) is 0. The second-order valence-electron chi connectivity index (χ2n) is 6.07. The fourth-order valence-electron chi connectivity index (χ4n) is 2.14. The van der Waals surface area contributed by atoms with Crippen molar-refractivity contribution in [2.24, 2.45) is 11.3 Å². The second kappa shape index (κ2) is 9.04. The molecule has 1 unspecified atom stereocenters. The van der Waals surface area contributed by atoms with Gasteiger partial charge < -0.3 is 4.74 Å². The van der Waals surface area contributed by atoms with E-state index in [-0.39, 0.29) is 0 Å². The number of methoxy groups -OCH3 is 1. The third-order valence-electron chi connectivity index (χ3n) is 3.50. The molecule has 0 N–H and O–H groups in total. The topological polar surface area (TPSA) is 9.23 Å². The Balaban J connectivity index is 3.61. The quantitative estimate of drug-likeness (QED) is 0.502. The highest BCUT2D eigenvalue weighted by Gasteiger charge is 2.23. The molecule has 0 amide bonds. The van der Waals surface area contributed by atoms with Crippen molar-refractivity contribution in [3.05, 3.63) is 0 Å². The Morgan fingerprint density at radius 2 is 1.50 bits per heavy atom. The fraction of sp³-hybridized carbons (Fsp3) is 1.00. The third kappa shape index (κ3) is 8.15. The molecule has 0 aromatic heterocycles. The Labute approximate surface area is 103 Å². The summed E-state index contributed by atoms with van der Waals surface area (Å²) in [7, 11) is 1.82. The average molecular weight is 228 g/mol. The minimum Gasteiger partial charge on any atom is -0.384 e. The van der Waals surface area contributed by atoms with Gasteiger partial charge in [-0.1, -0.05) is 66.2 Å². The Hall–Kier alpha value is -0.0400. The maximum absolute atomic E-state index is 5.33. The van der Waals surface area contributed by atoms with Crippen molar-refractivity contribution in [1.82, 2.24) is 0 Å². The van der Waals surface area contributed by atoms with E-state index in [4.69, 9.17) is 4.74 Å². The van der Waals surface area contributed by atoms with Crippen molar-refractivity contribution in [3.63, 3.8) is 0 Å². The standard InChI is InChI=1S/C15H32O/c1-6-7-8-9-10-11-12-14(13-16-5)15(2,3)4/h14H,6-13H2,1-5H3. The van der Waals surface area contributed by atoms with Crippen LogP contribution in [0.3, 0.4) is 0 Å². The average Bonchev–Trinajstić information content (AvgIpc) is 2.20. The van der Waals surface area contributed by atoms with Gasteiger partial charge >= 0.3 is 0 Å². The summed E-state index contributed by atoms with van der Waals surface area (Å²) in [6, 6.07) is 0. The van der Waals surface area contributed by atoms with Crippen LogP contribution in [0.4, 0.5) is 0 Å². The van der Waals surface area contributed by atoms with Gasteiger partial charge in [-0.2, -0.15) is 0 Å².